The van der Waals surface area contributed by atoms with Gasteiger partial charge in [0.05, 0.1) is 12.0 Å². The summed E-state index contributed by atoms with van der Waals surface area (Å²) < 4.78 is 44.2. The van der Waals surface area contributed by atoms with Crippen LogP contribution in [0.5, 0.6) is 16.7 Å². The number of carbonyl (C=O) groups is 1. The molecular weight excluding hydrogens is 584 g/mol. The molecule has 3 aromatic rings. The van der Waals surface area contributed by atoms with Crippen LogP contribution in [0.2, 0.25) is 5.02 Å². The number of aromatic nitrogens is 1. The monoisotopic (exact) mass is 615 g/mol. The number of fused-ring (bicyclic) bond motifs is 2. The van der Waals surface area contributed by atoms with Crippen molar-refractivity contribution in [1.29, 1.82) is 0 Å². The van der Waals surface area contributed by atoms with Crippen LogP contribution in [0.25, 0.3) is 5.57 Å². The van der Waals surface area contributed by atoms with Crippen molar-refractivity contribution in [2.45, 2.75) is 63.7 Å². The van der Waals surface area contributed by atoms with E-state index >= 15 is 0 Å². The van der Waals surface area contributed by atoms with Gasteiger partial charge in [-0.2, -0.15) is 0 Å². The molecule has 1 unspecified atom stereocenters. The highest BCUT2D eigenvalue weighted by Crippen LogP contribution is 2.42. The first kappa shape index (κ1) is 28.9. The van der Waals surface area contributed by atoms with E-state index in [0.717, 1.165) is 77.1 Å². The lowest BCUT2D eigenvalue weighted by atomic mass is 9.92. The van der Waals surface area contributed by atoms with Crippen LogP contribution in [0.15, 0.2) is 42.1 Å². The number of nitrogens with one attached hydrogen (secondary N) is 1. The minimum Gasteiger partial charge on any atom is -0.496 e. The summed E-state index contributed by atoms with van der Waals surface area (Å²) in [6.07, 6.45) is 6.45. The number of nitrogens with zero attached hydrogens (tertiary/aromatic N) is 2. The van der Waals surface area contributed by atoms with Crippen LogP contribution in [0.1, 0.15) is 48.1 Å². The van der Waals surface area contributed by atoms with Gasteiger partial charge in [0.1, 0.15) is 29.8 Å². The quantitative estimate of drug-likeness (QED) is 0.201. The van der Waals surface area contributed by atoms with E-state index in [0.29, 0.717) is 17.8 Å². The number of hydrogen-bond donors (Lipinski definition) is 1. The van der Waals surface area contributed by atoms with Gasteiger partial charge in [-0.15, -0.1) is 0 Å². The van der Waals surface area contributed by atoms with E-state index in [9.17, 15) is 13.6 Å². The fourth-order valence-corrected chi connectivity index (χ4v) is 6.87. The third kappa shape index (κ3) is 5.85. The van der Waals surface area contributed by atoms with Gasteiger partial charge in [0.25, 0.3) is 11.1 Å². The third-order valence-electron chi connectivity index (χ3n) is 8.14. The Morgan fingerprint density at radius 2 is 1.90 bits per heavy atom. The molecule has 3 aliphatic rings. The maximum atomic E-state index is 14.3. The highest BCUT2D eigenvalue weighted by atomic mass is 35.5. The van der Waals surface area contributed by atoms with E-state index in [-0.39, 0.29) is 37.0 Å². The topological polar surface area (TPSA) is 72.9 Å². The van der Waals surface area contributed by atoms with E-state index in [1.165, 1.54) is 11.3 Å². The van der Waals surface area contributed by atoms with Crippen molar-refractivity contribution in [3.63, 3.8) is 0 Å². The fourth-order valence-electron chi connectivity index (χ4n) is 5.81. The second kappa shape index (κ2) is 12.2. The van der Waals surface area contributed by atoms with E-state index in [2.05, 4.69) is 16.4 Å². The molecule has 0 radical (unpaired) electrons. The minimum atomic E-state index is -0.757. The van der Waals surface area contributed by atoms with Gasteiger partial charge in [-0.1, -0.05) is 35.1 Å². The maximum absolute atomic E-state index is 14.3. The molecule has 42 heavy (non-hydrogen) atoms. The summed E-state index contributed by atoms with van der Waals surface area (Å²) in [6, 6.07) is 8.44. The SMILES string of the molecule is COc1cccc(CN(C(=O)C2=C(c3cnc(OCCOc4c(F)ccc(F)c4Cl)s3)C[C@@H]3CCC2N3)C2CC2)c1C. The Labute approximate surface area is 252 Å². The summed E-state index contributed by atoms with van der Waals surface area (Å²) in [4.78, 5) is 21.7. The minimum absolute atomic E-state index is 0.00434. The van der Waals surface area contributed by atoms with E-state index in [1.807, 2.05) is 24.0 Å². The molecule has 3 heterocycles. The van der Waals surface area contributed by atoms with Crippen molar-refractivity contribution in [2.24, 2.45) is 0 Å². The zero-order valence-corrected chi connectivity index (χ0v) is 25.0. The highest BCUT2D eigenvalue weighted by Gasteiger charge is 2.42. The first-order chi connectivity index (χ1) is 20.3. The molecule has 2 aromatic carbocycles. The zero-order valence-electron chi connectivity index (χ0n) is 23.4. The van der Waals surface area contributed by atoms with Crippen molar-refractivity contribution in [3.05, 3.63) is 74.8 Å². The van der Waals surface area contributed by atoms with Gasteiger partial charge in [-0.25, -0.2) is 13.8 Å². The number of carbonyl (C=O) groups excluding carboxylic acids is 1. The molecule has 1 saturated heterocycles. The van der Waals surface area contributed by atoms with E-state index < -0.39 is 16.7 Å². The Morgan fingerprint density at radius 3 is 2.69 bits per heavy atom. The highest BCUT2D eigenvalue weighted by molar-refractivity contribution is 7.14. The molecule has 6 rings (SSSR count). The van der Waals surface area contributed by atoms with Gasteiger partial charge in [-0.3, -0.25) is 4.79 Å². The summed E-state index contributed by atoms with van der Waals surface area (Å²) in [5.74, 6) is -0.953. The molecule has 7 nitrogen and oxygen atoms in total. The molecule has 2 aliphatic heterocycles. The van der Waals surface area contributed by atoms with E-state index in [4.69, 9.17) is 25.8 Å². The summed E-state index contributed by atoms with van der Waals surface area (Å²) in [6.45, 7) is 2.58. The predicted molar refractivity (Wildman–Crippen MR) is 157 cm³/mol. The lowest BCUT2D eigenvalue weighted by Crippen LogP contribution is -2.44. The second-order valence-corrected chi connectivity index (χ2v) is 12.2. The fraction of sp³-hybridized carbons (Fsp3) is 0.419. The zero-order chi connectivity index (χ0) is 29.4. The molecule has 0 spiro atoms. The van der Waals surface area contributed by atoms with Crippen molar-refractivity contribution in [1.82, 2.24) is 15.2 Å². The lowest BCUT2D eigenvalue weighted by Gasteiger charge is -2.32. The molecule has 2 bridgehead atoms. The Kier molecular flexibility index (Phi) is 8.38. The van der Waals surface area contributed by atoms with Crippen LogP contribution in [0, 0.1) is 18.6 Å². The van der Waals surface area contributed by atoms with Gasteiger partial charge in [0.15, 0.2) is 11.6 Å². The normalized spacial score (nSPS) is 19.6. The summed E-state index contributed by atoms with van der Waals surface area (Å²) >= 11 is 7.20. The van der Waals surface area contributed by atoms with Crippen molar-refractivity contribution < 1.29 is 27.8 Å². The molecule has 11 heteroatoms. The van der Waals surface area contributed by atoms with Crippen molar-refractivity contribution in [3.8, 4) is 16.7 Å². The van der Waals surface area contributed by atoms with Gasteiger partial charge < -0.3 is 24.4 Å². The summed E-state index contributed by atoms with van der Waals surface area (Å²) in [7, 11) is 1.66. The summed E-state index contributed by atoms with van der Waals surface area (Å²) in [5.41, 5.74) is 3.98. The number of methoxy groups -OCH3 is 1. The maximum Gasteiger partial charge on any atom is 0.273 e. The molecule has 1 amide bonds. The molecular formula is C31H32ClF2N3O4S. The summed E-state index contributed by atoms with van der Waals surface area (Å²) in [5, 5.41) is 3.66. The first-order valence-corrected chi connectivity index (χ1v) is 15.3. The number of halogens is 3. The van der Waals surface area contributed by atoms with Crippen molar-refractivity contribution in [2.75, 3.05) is 20.3 Å². The first-order valence-electron chi connectivity index (χ1n) is 14.1. The van der Waals surface area contributed by atoms with Crippen LogP contribution in [-0.2, 0) is 11.3 Å². The van der Waals surface area contributed by atoms with Crippen LogP contribution >= 0.6 is 22.9 Å². The molecule has 1 saturated carbocycles. The number of amides is 1. The molecule has 222 valence electrons. The Morgan fingerprint density at radius 1 is 1.12 bits per heavy atom. The number of benzene rings is 2. The van der Waals surface area contributed by atoms with Gasteiger partial charge in [0, 0.05) is 36.4 Å². The molecule has 2 fully saturated rings. The molecule has 1 aliphatic carbocycles. The Hall–Kier alpha value is -3.21. The van der Waals surface area contributed by atoms with Gasteiger partial charge >= 0.3 is 0 Å². The lowest BCUT2D eigenvalue weighted by molar-refractivity contribution is -0.128. The number of hydrogen-bond acceptors (Lipinski definition) is 7. The van der Waals surface area contributed by atoms with Crippen molar-refractivity contribution >= 4 is 34.4 Å². The molecule has 1 N–H and O–H groups in total. The standard InChI is InChI=1S/C31H32ClF2N3O4S/c1-17-18(4-3-5-25(17)39-2)16-37(20-7-8-20)30(38)27-21(14-19-6-11-24(27)36-19)26-15-35-31(42-26)41-13-12-40-29-23(34)10-9-22(33)28(29)32/h3-5,9-10,15,19-20,24,36H,6-8,11-14,16H2,1-2H3/t19-,24?/m0/s1. The predicted octanol–water partition coefficient (Wildman–Crippen LogP) is 6.32. The van der Waals surface area contributed by atoms with Gasteiger partial charge in [-0.05, 0) is 73.9 Å². The van der Waals surface area contributed by atoms with Gasteiger partial charge in [0.2, 0.25) is 0 Å². The Balaban J connectivity index is 1.20. The molecule has 2 atom stereocenters. The van der Waals surface area contributed by atoms with Crippen LogP contribution in [0.4, 0.5) is 8.78 Å². The smallest absolute Gasteiger partial charge is 0.273 e. The average molecular weight is 616 g/mol. The molecule has 1 aromatic heterocycles. The van der Waals surface area contributed by atoms with Crippen LogP contribution < -0.4 is 19.5 Å². The number of ether oxygens (including phenoxy) is 3. The second-order valence-electron chi connectivity index (χ2n) is 10.9. The third-order valence-corrected chi connectivity index (χ3v) is 9.46. The Bertz CT molecular complexity index is 1530. The largest absolute Gasteiger partial charge is 0.496 e. The number of thiazole rings is 1. The average Bonchev–Trinajstić information content (AvgIpc) is 3.60. The van der Waals surface area contributed by atoms with Crippen LogP contribution in [0.3, 0.4) is 0 Å². The van der Waals surface area contributed by atoms with E-state index in [1.54, 1.807) is 13.3 Å². The van der Waals surface area contributed by atoms with Crippen LogP contribution in [-0.4, -0.2) is 54.2 Å². The number of rotatable bonds is 11.